The molecular weight excluding hydrogens is 184 g/mol. The lowest BCUT2D eigenvalue weighted by molar-refractivity contribution is 0.436. The predicted octanol–water partition coefficient (Wildman–Crippen LogP) is 3.20. The molecule has 3 heteroatoms. The van der Waals surface area contributed by atoms with E-state index in [0.717, 1.165) is 5.69 Å². The van der Waals surface area contributed by atoms with E-state index in [1.54, 1.807) is 0 Å². The number of rotatable bonds is 2. The molecular formula is C10H15ClN2. The molecule has 1 aliphatic carbocycles. The smallest absolute Gasteiger partial charge is 0.0656 e. The predicted molar refractivity (Wildman–Crippen MR) is 54.0 cm³/mol. The van der Waals surface area contributed by atoms with Crippen LogP contribution in [-0.4, -0.2) is 10.2 Å². The lowest BCUT2D eigenvalue weighted by atomic mass is 9.87. The third-order valence-corrected chi connectivity index (χ3v) is 3.11. The molecule has 0 bridgehead atoms. The SMILES string of the molecule is ClCc1cc(C2CCCCC2)n[nH]1. The Balaban J connectivity index is 2.05. The van der Waals surface area contributed by atoms with Crippen molar-refractivity contribution < 1.29 is 0 Å². The number of H-pyrrole nitrogens is 1. The summed E-state index contributed by atoms with van der Waals surface area (Å²) in [5.41, 5.74) is 2.26. The van der Waals surface area contributed by atoms with E-state index >= 15 is 0 Å². The molecule has 1 N–H and O–H groups in total. The first-order valence-corrected chi connectivity index (χ1v) is 5.54. The Morgan fingerprint density at radius 1 is 1.38 bits per heavy atom. The maximum Gasteiger partial charge on any atom is 0.0656 e. The summed E-state index contributed by atoms with van der Waals surface area (Å²) >= 11 is 5.71. The average Bonchev–Trinajstić information content (AvgIpc) is 2.67. The molecule has 0 radical (unpaired) electrons. The first kappa shape index (κ1) is 9.07. The van der Waals surface area contributed by atoms with E-state index in [2.05, 4.69) is 16.3 Å². The Morgan fingerprint density at radius 2 is 2.15 bits per heavy atom. The number of aromatic amines is 1. The number of aromatic nitrogens is 2. The van der Waals surface area contributed by atoms with Gasteiger partial charge in [0, 0.05) is 5.92 Å². The van der Waals surface area contributed by atoms with Crippen LogP contribution in [0, 0.1) is 0 Å². The number of alkyl halides is 1. The van der Waals surface area contributed by atoms with Gasteiger partial charge in [-0.25, -0.2) is 0 Å². The van der Waals surface area contributed by atoms with E-state index < -0.39 is 0 Å². The van der Waals surface area contributed by atoms with Gasteiger partial charge in [0.15, 0.2) is 0 Å². The standard InChI is InChI=1S/C10H15ClN2/c11-7-9-6-10(13-12-9)8-4-2-1-3-5-8/h6,8H,1-5,7H2,(H,12,13). The van der Waals surface area contributed by atoms with Crippen LogP contribution in [0.15, 0.2) is 6.07 Å². The molecule has 72 valence electrons. The van der Waals surface area contributed by atoms with Gasteiger partial charge in [0.2, 0.25) is 0 Å². The van der Waals surface area contributed by atoms with Gasteiger partial charge >= 0.3 is 0 Å². The van der Waals surface area contributed by atoms with Crippen molar-refractivity contribution in [2.24, 2.45) is 0 Å². The van der Waals surface area contributed by atoms with Gasteiger partial charge < -0.3 is 0 Å². The van der Waals surface area contributed by atoms with E-state index in [9.17, 15) is 0 Å². The van der Waals surface area contributed by atoms with Gasteiger partial charge in [-0.1, -0.05) is 19.3 Å². The van der Waals surface area contributed by atoms with Crippen LogP contribution >= 0.6 is 11.6 Å². The van der Waals surface area contributed by atoms with Crippen molar-refractivity contribution in [2.45, 2.75) is 43.9 Å². The molecule has 1 fully saturated rings. The molecule has 13 heavy (non-hydrogen) atoms. The van der Waals surface area contributed by atoms with E-state index in [4.69, 9.17) is 11.6 Å². The highest BCUT2D eigenvalue weighted by Gasteiger charge is 2.17. The van der Waals surface area contributed by atoms with Crippen LogP contribution in [0.4, 0.5) is 0 Å². The highest BCUT2D eigenvalue weighted by Crippen LogP contribution is 2.31. The maximum atomic E-state index is 5.71. The monoisotopic (exact) mass is 198 g/mol. The summed E-state index contributed by atoms with van der Waals surface area (Å²) in [6, 6.07) is 2.11. The van der Waals surface area contributed by atoms with E-state index in [1.807, 2.05) is 0 Å². The number of hydrogen-bond acceptors (Lipinski definition) is 1. The molecule has 1 saturated carbocycles. The zero-order valence-electron chi connectivity index (χ0n) is 7.72. The lowest BCUT2D eigenvalue weighted by Gasteiger charge is -2.18. The highest BCUT2D eigenvalue weighted by atomic mass is 35.5. The number of nitrogens with one attached hydrogen (secondary N) is 1. The number of halogens is 1. The van der Waals surface area contributed by atoms with Gasteiger partial charge in [-0.3, -0.25) is 5.10 Å². The maximum absolute atomic E-state index is 5.71. The molecule has 0 unspecified atom stereocenters. The fourth-order valence-corrected chi connectivity index (χ4v) is 2.19. The Labute approximate surface area is 83.7 Å². The molecule has 0 amide bonds. The summed E-state index contributed by atoms with van der Waals surface area (Å²) in [4.78, 5) is 0. The lowest BCUT2D eigenvalue weighted by Crippen LogP contribution is -2.04. The van der Waals surface area contributed by atoms with Crippen LogP contribution in [0.5, 0.6) is 0 Å². The summed E-state index contributed by atoms with van der Waals surface area (Å²) < 4.78 is 0. The second-order valence-electron chi connectivity index (χ2n) is 3.79. The summed E-state index contributed by atoms with van der Waals surface area (Å²) in [6.45, 7) is 0. The Kier molecular flexibility index (Phi) is 2.89. The third kappa shape index (κ3) is 2.05. The van der Waals surface area contributed by atoms with Crippen molar-refractivity contribution in [3.05, 3.63) is 17.5 Å². The fourth-order valence-electron chi connectivity index (χ4n) is 2.06. The Morgan fingerprint density at radius 3 is 2.77 bits per heavy atom. The molecule has 0 aliphatic heterocycles. The molecule has 0 atom stereocenters. The van der Waals surface area contributed by atoms with Crippen molar-refractivity contribution in [1.29, 1.82) is 0 Å². The van der Waals surface area contributed by atoms with Gasteiger partial charge in [-0.2, -0.15) is 5.10 Å². The van der Waals surface area contributed by atoms with Gasteiger partial charge in [0.25, 0.3) is 0 Å². The Hall–Kier alpha value is -0.500. The van der Waals surface area contributed by atoms with Crippen LogP contribution in [0.25, 0.3) is 0 Å². The summed E-state index contributed by atoms with van der Waals surface area (Å²) in [6.07, 6.45) is 6.70. The van der Waals surface area contributed by atoms with Crippen molar-refractivity contribution in [1.82, 2.24) is 10.2 Å². The molecule has 2 nitrogen and oxygen atoms in total. The minimum absolute atomic E-state index is 0.541. The second-order valence-corrected chi connectivity index (χ2v) is 4.05. The average molecular weight is 199 g/mol. The number of hydrogen-bond donors (Lipinski definition) is 1. The fraction of sp³-hybridized carbons (Fsp3) is 0.700. The molecule has 2 rings (SSSR count). The van der Waals surface area contributed by atoms with Gasteiger partial charge in [-0.15, -0.1) is 11.6 Å². The largest absolute Gasteiger partial charge is 0.281 e. The van der Waals surface area contributed by atoms with Gasteiger partial charge in [0.05, 0.1) is 17.3 Å². The first-order chi connectivity index (χ1) is 6.40. The van der Waals surface area contributed by atoms with Gasteiger partial charge in [0.1, 0.15) is 0 Å². The summed E-state index contributed by atoms with van der Waals surface area (Å²) in [5.74, 6) is 1.22. The molecule has 1 heterocycles. The van der Waals surface area contributed by atoms with Crippen LogP contribution in [-0.2, 0) is 5.88 Å². The van der Waals surface area contributed by atoms with E-state index in [0.29, 0.717) is 11.8 Å². The topological polar surface area (TPSA) is 28.7 Å². The highest BCUT2D eigenvalue weighted by molar-refractivity contribution is 6.16. The summed E-state index contributed by atoms with van der Waals surface area (Å²) in [5, 5.41) is 7.27. The van der Waals surface area contributed by atoms with Crippen LogP contribution < -0.4 is 0 Å². The van der Waals surface area contributed by atoms with Crippen LogP contribution in [0.1, 0.15) is 49.4 Å². The first-order valence-electron chi connectivity index (χ1n) is 5.00. The second kappa shape index (κ2) is 4.14. The quantitative estimate of drug-likeness (QED) is 0.727. The van der Waals surface area contributed by atoms with Crippen molar-refractivity contribution in [3.8, 4) is 0 Å². The van der Waals surface area contributed by atoms with Crippen molar-refractivity contribution in [2.75, 3.05) is 0 Å². The van der Waals surface area contributed by atoms with Crippen LogP contribution in [0.3, 0.4) is 0 Å². The molecule has 1 aliphatic rings. The summed E-state index contributed by atoms with van der Waals surface area (Å²) in [7, 11) is 0. The minimum atomic E-state index is 0.541. The Bertz CT molecular complexity index is 264. The zero-order chi connectivity index (χ0) is 9.10. The van der Waals surface area contributed by atoms with Gasteiger partial charge in [-0.05, 0) is 18.9 Å². The zero-order valence-corrected chi connectivity index (χ0v) is 8.48. The van der Waals surface area contributed by atoms with Crippen molar-refractivity contribution >= 4 is 11.6 Å². The minimum Gasteiger partial charge on any atom is -0.281 e. The molecule has 0 aromatic carbocycles. The number of nitrogens with zero attached hydrogens (tertiary/aromatic N) is 1. The van der Waals surface area contributed by atoms with E-state index in [-0.39, 0.29) is 0 Å². The van der Waals surface area contributed by atoms with E-state index in [1.165, 1.54) is 37.8 Å². The third-order valence-electron chi connectivity index (χ3n) is 2.82. The van der Waals surface area contributed by atoms with Crippen LogP contribution in [0.2, 0.25) is 0 Å². The molecule has 0 spiro atoms. The normalized spacial score (nSPS) is 19.2. The molecule has 1 aromatic rings. The van der Waals surface area contributed by atoms with Crippen molar-refractivity contribution in [3.63, 3.8) is 0 Å². The molecule has 1 aromatic heterocycles. The molecule has 0 saturated heterocycles.